The van der Waals surface area contributed by atoms with Crippen LogP contribution in [0.25, 0.3) is 0 Å². The average molecular weight is 408 g/mol. The summed E-state index contributed by atoms with van der Waals surface area (Å²) in [7, 11) is 0. The molecule has 2 unspecified atom stereocenters. The van der Waals surface area contributed by atoms with E-state index in [2.05, 4.69) is 5.32 Å². The summed E-state index contributed by atoms with van der Waals surface area (Å²) < 4.78 is 5.29. The van der Waals surface area contributed by atoms with Crippen LogP contribution >= 0.6 is 0 Å². The van der Waals surface area contributed by atoms with Crippen LogP contribution in [0.3, 0.4) is 0 Å². The van der Waals surface area contributed by atoms with Crippen molar-refractivity contribution in [3.8, 4) is 0 Å². The highest BCUT2D eigenvalue weighted by atomic mass is 16.6. The van der Waals surface area contributed by atoms with E-state index in [1.807, 2.05) is 52.0 Å². The second-order valence-corrected chi connectivity index (χ2v) is 8.51. The molecule has 0 saturated heterocycles. The topological polar surface area (TPSA) is 85.3 Å². The van der Waals surface area contributed by atoms with Gasteiger partial charge in [-0.2, -0.15) is 0 Å². The van der Waals surface area contributed by atoms with Gasteiger partial charge in [-0.05, 0) is 53.1 Å². The van der Waals surface area contributed by atoms with Crippen molar-refractivity contribution in [2.75, 3.05) is 32.8 Å². The molecule has 164 valence electrons. The number of amides is 1. The van der Waals surface area contributed by atoms with Crippen molar-refractivity contribution in [1.29, 1.82) is 0 Å². The smallest absolute Gasteiger partial charge is 0.410 e. The molecule has 0 saturated carbocycles. The normalized spacial score (nSPS) is 19.2. The van der Waals surface area contributed by atoms with Gasteiger partial charge in [0.05, 0.1) is 6.61 Å². The Hall–Kier alpha value is -1.67. The summed E-state index contributed by atoms with van der Waals surface area (Å²) in [6.07, 6.45) is 0.696. The highest BCUT2D eigenvalue weighted by Gasteiger charge is 2.35. The van der Waals surface area contributed by atoms with Crippen LogP contribution in [0.4, 0.5) is 4.79 Å². The van der Waals surface area contributed by atoms with Crippen molar-refractivity contribution in [2.24, 2.45) is 0 Å². The van der Waals surface area contributed by atoms with Gasteiger partial charge in [-0.3, -0.25) is 0 Å². The molecule has 7 heteroatoms. The zero-order valence-electron chi connectivity index (χ0n) is 18.2. The predicted molar refractivity (Wildman–Crippen MR) is 113 cm³/mol. The summed E-state index contributed by atoms with van der Waals surface area (Å²) in [4.78, 5) is 15.7. The first-order chi connectivity index (χ1) is 13.8. The number of hydrogen-bond acceptors (Lipinski definition) is 6. The van der Waals surface area contributed by atoms with Crippen LogP contribution < -0.4 is 5.32 Å². The van der Waals surface area contributed by atoms with E-state index in [1.54, 1.807) is 9.80 Å². The summed E-state index contributed by atoms with van der Waals surface area (Å²) >= 11 is 0. The van der Waals surface area contributed by atoms with Crippen molar-refractivity contribution in [1.82, 2.24) is 15.1 Å². The molecule has 0 spiro atoms. The number of carbonyl (C=O) groups excluding carboxylic acids is 1. The first-order valence-corrected chi connectivity index (χ1v) is 10.6. The van der Waals surface area contributed by atoms with Gasteiger partial charge in [0, 0.05) is 29.8 Å². The van der Waals surface area contributed by atoms with Crippen molar-refractivity contribution >= 4 is 6.09 Å². The zero-order chi connectivity index (χ0) is 21.4. The molecule has 0 aromatic heterocycles. The van der Waals surface area contributed by atoms with Gasteiger partial charge in [-0.1, -0.05) is 31.2 Å². The lowest BCUT2D eigenvalue weighted by atomic mass is 10.1. The van der Waals surface area contributed by atoms with E-state index in [0.717, 1.165) is 43.5 Å². The molecule has 1 heterocycles. The first-order valence-electron chi connectivity index (χ1n) is 10.6. The van der Waals surface area contributed by atoms with Crippen molar-refractivity contribution in [3.05, 3.63) is 35.4 Å². The monoisotopic (exact) mass is 407 g/mol. The molecule has 2 rings (SSSR count). The summed E-state index contributed by atoms with van der Waals surface area (Å²) in [5, 5.41) is 24.2. The standard InChI is InChI=1S/C22H37N3O4/c1-5-16-29-21(28)25(22(2,3)4)15-9-13-23-12-8-14-24-19(26)17-10-6-7-11-18(17)20(24)27/h6-7,10-11,19-20,23,26-27H,5,8-9,12-16H2,1-4H3. The molecule has 0 bridgehead atoms. The van der Waals surface area contributed by atoms with Gasteiger partial charge in [0.2, 0.25) is 0 Å². The van der Waals surface area contributed by atoms with E-state index in [1.165, 1.54) is 0 Å². The van der Waals surface area contributed by atoms with Crippen LogP contribution in [0.15, 0.2) is 24.3 Å². The number of ether oxygens (including phenoxy) is 1. The Bertz CT molecular complexity index is 618. The summed E-state index contributed by atoms with van der Waals surface area (Å²) in [5.41, 5.74) is 1.29. The summed E-state index contributed by atoms with van der Waals surface area (Å²) in [6.45, 7) is 11.3. The minimum Gasteiger partial charge on any atom is -0.449 e. The molecule has 1 aromatic rings. The van der Waals surface area contributed by atoms with Crippen LogP contribution in [0, 0.1) is 0 Å². The molecular formula is C22H37N3O4. The van der Waals surface area contributed by atoms with Gasteiger partial charge in [-0.15, -0.1) is 0 Å². The quantitative estimate of drug-likeness (QED) is 0.517. The number of aliphatic hydroxyl groups is 2. The maximum atomic E-state index is 12.2. The van der Waals surface area contributed by atoms with Gasteiger partial charge < -0.3 is 25.2 Å². The molecule has 2 atom stereocenters. The minimum absolute atomic E-state index is 0.254. The second kappa shape index (κ2) is 10.9. The van der Waals surface area contributed by atoms with Crippen molar-refractivity contribution in [3.63, 3.8) is 0 Å². The highest BCUT2D eigenvalue weighted by molar-refractivity contribution is 5.68. The fraction of sp³-hybridized carbons (Fsp3) is 0.682. The molecule has 3 N–H and O–H groups in total. The van der Waals surface area contributed by atoms with Crippen LogP contribution in [-0.4, -0.2) is 64.4 Å². The maximum Gasteiger partial charge on any atom is 0.410 e. The third kappa shape index (κ3) is 6.40. The molecule has 1 amide bonds. The molecular weight excluding hydrogens is 370 g/mol. The SMILES string of the molecule is CCCOC(=O)N(CCCNCCCN1C(O)c2ccccc2C1O)C(C)(C)C. The molecule has 29 heavy (non-hydrogen) atoms. The Morgan fingerprint density at radius 3 is 2.28 bits per heavy atom. The minimum atomic E-state index is -0.754. The third-order valence-corrected chi connectivity index (χ3v) is 5.15. The number of hydrogen-bond donors (Lipinski definition) is 3. The van der Waals surface area contributed by atoms with E-state index < -0.39 is 12.5 Å². The Labute approximate surface area is 174 Å². The Morgan fingerprint density at radius 2 is 1.72 bits per heavy atom. The molecule has 1 aliphatic rings. The fourth-order valence-corrected chi connectivity index (χ4v) is 3.56. The first kappa shape index (κ1) is 23.6. The molecule has 0 fully saturated rings. The Balaban J connectivity index is 1.66. The maximum absolute atomic E-state index is 12.2. The van der Waals surface area contributed by atoms with E-state index in [4.69, 9.17) is 4.74 Å². The molecule has 1 aliphatic heterocycles. The fourth-order valence-electron chi connectivity index (χ4n) is 3.56. The zero-order valence-corrected chi connectivity index (χ0v) is 18.2. The van der Waals surface area contributed by atoms with Gasteiger partial charge in [-0.25, -0.2) is 9.69 Å². The molecule has 7 nitrogen and oxygen atoms in total. The molecule has 0 radical (unpaired) electrons. The number of carbonyl (C=O) groups is 1. The highest BCUT2D eigenvalue weighted by Crippen LogP contribution is 2.38. The summed E-state index contributed by atoms with van der Waals surface area (Å²) in [6, 6.07) is 7.46. The Kier molecular flexibility index (Phi) is 8.89. The number of nitrogens with zero attached hydrogens (tertiary/aromatic N) is 2. The van der Waals surface area contributed by atoms with Crippen molar-refractivity contribution in [2.45, 2.75) is 65.0 Å². The lowest BCUT2D eigenvalue weighted by molar-refractivity contribution is -0.0844. The number of nitrogens with one attached hydrogen (secondary N) is 1. The van der Waals surface area contributed by atoms with Gasteiger partial charge in [0.25, 0.3) is 0 Å². The van der Waals surface area contributed by atoms with Gasteiger partial charge >= 0.3 is 6.09 Å². The van der Waals surface area contributed by atoms with E-state index in [0.29, 0.717) is 19.7 Å². The molecule has 0 aliphatic carbocycles. The number of aliphatic hydroxyl groups excluding tert-OH is 2. The van der Waals surface area contributed by atoms with Gasteiger partial charge in [0.15, 0.2) is 0 Å². The lowest BCUT2D eigenvalue weighted by Gasteiger charge is -2.34. The van der Waals surface area contributed by atoms with E-state index >= 15 is 0 Å². The largest absolute Gasteiger partial charge is 0.449 e. The number of benzene rings is 1. The van der Waals surface area contributed by atoms with Crippen LogP contribution in [0.5, 0.6) is 0 Å². The van der Waals surface area contributed by atoms with Crippen molar-refractivity contribution < 1.29 is 19.7 Å². The average Bonchev–Trinajstić information content (AvgIpc) is 2.92. The van der Waals surface area contributed by atoms with E-state index in [9.17, 15) is 15.0 Å². The lowest BCUT2D eigenvalue weighted by Crippen LogP contribution is -2.47. The third-order valence-electron chi connectivity index (χ3n) is 5.15. The van der Waals surface area contributed by atoms with E-state index in [-0.39, 0.29) is 11.6 Å². The van der Waals surface area contributed by atoms with Crippen LogP contribution in [0.1, 0.15) is 70.5 Å². The van der Waals surface area contributed by atoms with Gasteiger partial charge in [0.1, 0.15) is 12.5 Å². The Morgan fingerprint density at radius 1 is 1.14 bits per heavy atom. The second-order valence-electron chi connectivity index (χ2n) is 8.51. The predicted octanol–water partition coefficient (Wildman–Crippen LogP) is 3.00. The van der Waals surface area contributed by atoms with Crippen LogP contribution in [0.2, 0.25) is 0 Å². The molecule has 1 aromatic carbocycles. The number of fused-ring (bicyclic) bond motifs is 1. The van der Waals surface area contributed by atoms with Crippen LogP contribution in [-0.2, 0) is 4.74 Å². The number of rotatable bonds is 10. The summed E-state index contributed by atoms with van der Waals surface area (Å²) in [5.74, 6) is 0.